The van der Waals surface area contributed by atoms with Gasteiger partial charge in [-0.1, -0.05) is 56.1 Å². The average molecular weight is 314 g/mol. The summed E-state index contributed by atoms with van der Waals surface area (Å²) in [5.41, 5.74) is 2.74. The van der Waals surface area contributed by atoms with Gasteiger partial charge in [0.2, 0.25) is 0 Å². The third-order valence-electron chi connectivity index (χ3n) is 2.31. The second-order valence-electron chi connectivity index (χ2n) is 3.31. The Labute approximate surface area is 101 Å². The van der Waals surface area contributed by atoms with Crippen molar-refractivity contribution in [3.63, 3.8) is 0 Å². The van der Waals surface area contributed by atoms with Crippen LogP contribution in [0.4, 0.5) is 0 Å². The molecule has 0 aromatic heterocycles. The van der Waals surface area contributed by atoms with Gasteiger partial charge in [-0.15, -0.1) is 0 Å². The molecule has 2 rings (SSSR count). The molecule has 0 radical (unpaired) electrons. The topological polar surface area (TPSA) is 0 Å². The molecule has 0 saturated heterocycles. The predicted octanol–water partition coefficient (Wildman–Crippen LogP) is 4.91. The summed E-state index contributed by atoms with van der Waals surface area (Å²) in [5.74, 6) is 0. The quantitative estimate of drug-likeness (QED) is 0.691. The minimum atomic E-state index is 1.11. The van der Waals surface area contributed by atoms with Gasteiger partial charge < -0.3 is 0 Å². The number of hydrogen-bond donors (Lipinski definition) is 0. The minimum absolute atomic E-state index is 1.11. The van der Waals surface area contributed by atoms with E-state index in [0.717, 1.165) is 17.3 Å². The molecule has 1 aromatic carbocycles. The first-order valence-electron chi connectivity index (χ1n) is 4.57. The van der Waals surface area contributed by atoms with Gasteiger partial charge >= 0.3 is 0 Å². The molecule has 0 heterocycles. The summed E-state index contributed by atoms with van der Waals surface area (Å²) in [6, 6.07) is 8.49. The highest BCUT2D eigenvalue weighted by atomic mass is 79.9. The van der Waals surface area contributed by atoms with Crippen LogP contribution in [0.5, 0.6) is 0 Å². The Kier molecular flexibility index (Phi) is 3.24. The average Bonchev–Trinajstić information content (AvgIpc) is 2.21. The largest absolute Gasteiger partial charge is 0.0576 e. The lowest BCUT2D eigenvalue weighted by atomic mass is 9.98. The fourth-order valence-electron chi connectivity index (χ4n) is 1.52. The highest BCUT2D eigenvalue weighted by Crippen LogP contribution is 2.29. The fraction of sp³-hybridized carbons (Fsp3) is 0.167. The highest BCUT2D eigenvalue weighted by molar-refractivity contribution is 9.11. The molecule has 0 bridgehead atoms. The second kappa shape index (κ2) is 4.45. The lowest BCUT2D eigenvalue weighted by Crippen LogP contribution is -1.89. The Bertz CT molecular complexity index is 385. The van der Waals surface area contributed by atoms with Gasteiger partial charge in [0.15, 0.2) is 0 Å². The first-order chi connectivity index (χ1) is 6.75. The first-order valence-corrected chi connectivity index (χ1v) is 6.15. The Morgan fingerprint density at radius 1 is 0.857 bits per heavy atom. The van der Waals surface area contributed by atoms with Gasteiger partial charge in [0.05, 0.1) is 0 Å². The van der Waals surface area contributed by atoms with Gasteiger partial charge in [0, 0.05) is 4.47 Å². The molecule has 2 heteroatoms. The third kappa shape index (κ3) is 2.37. The molecular formula is C12H10Br2. The SMILES string of the molecule is BrC1=CC=C(c2ccc(Br)cc2)CC1. The van der Waals surface area contributed by atoms with Crippen molar-refractivity contribution in [2.24, 2.45) is 0 Å². The lowest BCUT2D eigenvalue weighted by Gasteiger charge is -2.11. The van der Waals surface area contributed by atoms with Crippen LogP contribution in [0, 0.1) is 0 Å². The van der Waals surface area contributed by atoms with Crippen LogP contribution in [0.1, 0.15) is 18.4 Å². The maximum absolute atomic E-state index is 3.51. The molecule has 0 saturated carbocycles. The van der Waals surface area contributed by atoms with Crippen LogP contribution in [-0.4, -0.2) is 0 Å². The number of benzene rings is 1. The molecule has 0 unspecified atom stereocenters. The molecule has 72 valence electrons. The lowest BCUT2D eigenvalue weighted by molar-refractivity contribution is 1.04. The normalized spacial score (nSPS) is 16.1. The molecule has 1 aromatic rings. The molecule has 0 fully saturated rings. The molecule has 0 atom stereocenters. The van der Waals surface area contributed by atoms with Crippen molar-refractivity contribution in [3.05, 3.63) is 50.9 Å². The molecule has 0 N–H and O–H groups in total. The van der Waals surface area contributed by atoms with Gasteiger partial charge in [0.1, 0.15) is 0 Å². The standard InChI is InChI=1S/C12H10Br2/c13-11-5-1-9(2-6-11)10-3-7-12(14)8-4-10/h1-3,5-7H,4,8H2. The monoisotopic (exact) mass is 312 g/mol. The second-order valence-corrected chi connectivity index (χ2v) is 5.25. The van der Waals surface area contributed by atoms with E-state index < -0.39 is 0 Å². The zero-order chi connectivity index (χ0) is 9.97. The Morgan fingerprint density at radius 3 is 2.14 bits per heavy atom. The molecular weight excluding hydrogens is 304 g/mol. The van der Waals surface area contributed by atoms with E-state index in [1.54, 1.807) is 0 Å². The van der Waals surface area contributed by atoms with Crippen LogP contribution >= 0.6 is 31.9 Å². The number of allylic oxidation sites excluding steroid dienone is 4. The first kappa shape index (κ1) is 10.2. The maximum atomic E-state index is 3.51. The summed E-state index contributed by atoms with van der Waals surface area (Å²) in [6.07, 6.45) is 6.57. The molecule has 0 aliphatic heterocycles. The smallest absolute Gasteiger partial charge is 0.0175 e. The van der Waals surface area contributed by atoms with Crippen molar-refractivity contribution in [3.8, 4) is 0 Å². The van der Waals surface area contributed by atoms with Crippen molar-refractivity contribution < 1.29 is 0 Å². The van der Waals surface area contributed by atoms with Gasteiger partial charge in [-0.2, -0.15) is 0 Å². The van der Waals surface area contributed by atoms with Crippen LogP contribution in [-0.2, 0) is 0 Å². The predicted molar refractivity (Wildman–Crippen MR) is 68.4 cm³/mol. The van der Waals surface area contributed by atoms with E-state index in [4.69, 9.17) is 0 Å². The number of halogens is 2. The van der Waals surface area contributed by atoms with E-state index in [9.17, 15) is 0 Å². The molecule has 14 heavy (non-hydrogen) atoms. The zero-order valence-corrected chi connectivity index (χ0v) is 10.8. The van der Waals surface area contributed by atoms with Crippen LogP contribution in [0.3, 0.4) is 0 Å². The molecule has 1 aliphatic carbocycles. The number of hydrogen-bond acceptors (Lipinski definition) is 0. The highest BCUT2D eigenvalue weighted by Gasteiger charge is 2.05. The van der Waals surface area contributed by atoms with Crippen molar-refractivity contribution >= 4 is 37.4 Å². The van der Waals surface area contributed by atoms with Crippen molar-refractivity contribution in [2.75, 3.05) is 0 Å². The third-order valence-corrected chi connectivity index (χ3v) is 3.50. The Morgan fingerprint density at radius 2 is 1.57 bits per heavy atom. The summed E-state index contributed by atoms with van der Waals surface area (Å²) in [5, 5.41) is 0. The van der Waals surface area contributed by atoms with Crippen LogP contribution in [0.15, 0.2) is 45.4 Å². The van der Waals surface area contributed by atoms with Crippen LogP contribution < -0.4 is 0 Å². The number of rotatable bonds is 1. The van der Waals surface area contributed by atoms with Gasteiger partial charge in [0.25, 0.3) is 0 Å². The van der Waals surface area contributed by atoms with Gasteiger partial charge in [-0.3, -0.25) is 0 Å². The van der Waals surface area contributed by atoms with E-state index in [1.807, 2.05) is 0 Å². The zero-order valence-electron chi connectivity index (χ0n) is 7.63. The summed E-state index contributed by atoms with van der Waals surface area (Å²) in [6.45, 7) is 0. The van der Waals surface area contributed by atoms with Crippen molar-refractivity contribution in [1.82, 2.24) is 0 Å². The Balaban J connectivity index is 2.28. The molecule has 1 aliphatic rings. The van der Waals surface area contributed by atoms with Gasteiger partial charge in [-0.25, -0.2) is 0 Å². The molecule has 0 spiro atoms. The van der Waals surface area contributed by atoms with E-state index in [-0.39, 0.29) is 0 Å². The van der Waals surface area contributed by atoms with E-state index in [0.29, 0.717) is 0 Å². The summed E-state index contributed by atoms with van der Waals surface area (Å²) < 4.78 is 2.42. The molecule has 0 nitrogen and oxygen atoms in total. The fourth-order valence-corrected chi connectivity index (χ4v) is 2.11. The maximum Gasteiger partial charge on any atom is 0.0175 e. The van der Waals surface area contributed by atoms with Crippen LogP contribution in [0.25, 0.3) is 5.57 Å². The Hall–Kier alpha value is -0.340. The van der Waals surface area contributed by atoms with Crippen molar-refractivity contribution in [2.45, 2.75) is 12.8 Å². The minimum Gasteiger partial charge on any atom is -0.0576 e. The van der Waals surface area contributed by atoms with E-state index >= 15 is 0 Å². The van der Waals surface area contributed by atoms with Crippen molar-refractivity contribution in [1.29, 1.82) is 0 Å². The van der Waals surface area contributed by atoms with Gasteiger partial charge in [-0.05, 0) is 40.6 Å². The summed E-state index contributed by atoms with van der Waals surface area (Å²) >= 11 is 6.95. The van der Waals surface area contributed by atoms with E-state index in [1.165, 1.54) is 15.6 Å². The molecule has 0 amide bonds. The van der Waals surface area contributed by atoms with E-state index in [2.05, 4.69) is 68.3 Å². The van der Waals surface area contributed by atoms with Crippen LogP contribution in [0.2, 0.25) is 0 Å². The summed E-state index contributed by atoms with van der Waals surface area (Å²) in [7, 11) is 0. The summed E-state index contributed by atoms with van der Waals surface area (Å²) in [4.78, 5) is 0.